The van der Waals surface area contributed by atoms with Crippen LogP contribution in [0.4, 0.5) is 10.8 Å². The van der Waals surface area contributed by atoms with Crippen molar-refractivity contribution in [2.24, 2.45) is 0 Å². The molecule has 1 aliphatic rings. The Labute approximate surface area is 122 Å². The fourth-order valence-corrected chi connectivity index (χ4v) is 2.67. The van der Waals surface area contributed by atoms with Gasteiger partial charge in [-0.1, -0.05) is 11.3 Å². The predicted molar refractivity (Wildman–Crippen MR) is 75.2 cm³/mol. The number of anilines is 2. The molecule has 106 valence electrons. The van der Waals surface area contributed by atoms with Gasteiger partial charge < -0.3 is 10.4 Å². The zero-order valence-corrected chi connectivity index (χ0v) is 11.6. The van der Waals surface area contributed by atoms with E-state index in [0.29, 0.717) is 21.9 Å². The fraction of sp³-hybridized carbons (Fsp3) is 0.0769. The van der Waals surface area contributed by atoms with Crippen LogP contribution in [-0.4, -0.2) is 39.8 Å². The van der Waals surface area contributed by atoms with Gasteiger partial charge in [0.05, 0.1) is 17.3 Å². The number of thiazole rings is 1. The Balaban J connectivity index is 1.90. The summed E-state index contributed by atoms with van der Waals surface area (Å²) in [5.74, 6) is -1.73. The standard InChI is InChI=1S/C13H9N3O4S/c1-16-10(17)7-3-2-6(4-8(7)11(16)18)15-13-14-5-9(21-13)12(19)20/h2-5H,1H3,(H,14,15)(H,19,20). The average molecular weight is 303 g/mol. The second-order valence-electron chi connectivity index (χ2n) is 4.39. The van der Waals surface area contributed by atoms with Crippen LogP contribution in [0, 0.1) is 0 Å². The Bertz CT molecular complexity index is 783. The van der Waals surface area contributed by atoms with Gasteiger partial charge >= 0.3 is 5.97 Å². The number of fused-ring (bicyclic) bond motifs is 1. The highest BCUT2D eigenvalue weighted by atomic mass is 32.1. The molecule has 0 aliphatic carbocycles. The largest absolute Gasteiger partial charge is 0.477 e. The summed E-state index contributed by atoms with van der Waals surface area (Å²) >= 11 is 0.987. The molecule has 0 radical (unpaired) electrons. The third-order valence-corrected chi connectivity index (χ3v) is 3.96. The average Bonchev–Trinajstić information content (AvgIpc) is 3.00. The van der Waals surface area contributed by atoms with Crippen LogP contribution >= 0.6 is 11.3 Å². The molecule has 0 atom stereocenters. The van der Waals surface area contributed by atoms with Crippen LogP contribution in [0.5, 0.6) is 0 Å². The summed E-state index contributed by atoms with van der Waals surface area (Å²) in [7, 11) is 1.43. The zero-order chi connectivity index (χ0) is 15.1. The van der Waals surface area contributed by atoms with Crippen molar-refractivity contribution in [3.63, 3.8) is 0 Å². The van der Waals surface area contributed by atoms with Crippen LogP contribution in [0.15, 0.2) is 24.4 Å². The van der Waals surface area contributed by atoms with Crippen molar-refractivity contribution in [2.75, 3.05) is 12.4 Å². The minimum Gasteiger partial charge on any atom is -0.477 e. The first-order chi connectivity index (χ1) is 9.97. The summed E-state index contributed by atoms with van der Waals surface area (Å²) < 4.78 is 0. The molecule has 8 heteroatoms. The SMILES string of the molecule is CN1C(=O)c2ccc(Nc3ncc(C(=O)O)s3)cc2C1=O. The number of hydrogen-bond donors (Lipinski definition) is 2. The number of rotatable bonds is 3. The summed E-state index contributed by atoms with van der Waals surface area (Å²) in [6.07, 6.45) is 1.26. The lowest BCUT2D eigenvalue weighted by atomic mass is 10.1. The van der Waals surface area contributed by atoms with E-state index in [0.717, 1.165) is 16.2 Å². The van der Waals surface area contributed by atoms with Crippen molar-refractivity contribution < 1.29 is 19.5 Å². The number of amides is 2. The van der Waals surface area contributed by atoms with Gasteiger partial charge in [-0.05, 0) is 18.2 Å². The number of carboxylic acids is 1. The first-order valence-electron chi connectivity index (χ1n) is 5.90. The summed E-state index contributed by atoms with van der Waals surface area (Å²) in [5.41, 5.74) is 1.25. The molecule has 7 nitrogen and oxygen atoms in total. The molecule has 0 unspecified atom stereocenters. The normalized spacial score (nSPS) is 13.5. The number of nitrogens with one attached hydrogen (secondary N) is 1. The summed E-state index contributed by atoms with van der Waals surface area (Å²) in [5, 5.41) is 12.2. The molecule has 0 fully saturated rings. The molecule has 1 aromatic heterocycles. The van der Waals surface area contributed by atoms with Crippen LogP contribution in [0.2, 0.25) is 0 Å². The number of imide groups is 1. The highest BCUT2D eigenvalue weighted by Gasteiger charge is 2.32. The highest BCUT2D eigenvalue weighted by molar-refractivity contribution is 7.17. The predicted octanol–water partition coefficient (Wildman–Crippen LogP) is 1.81. The minimum atomic E-state index is -1.04. The van der Waals surface area contributed by atoms with Crippen molar-refractivity contribution in [1.82, 2.24) is 9.88 Å². The van der Waals surface area contributed by atoms with Crippen LogP contribution < -0.4 is 5.32 Å². The molecule has 21 heavy (non-hydrogen) atoms. The first kappa shape index (κ1) is 13.3. The van der Waals surface area contributed by atoms with E-state index in [4.69, 9.17) is 5.11 Å². The van der Waals surface area contributed by atoms with Gasteiger partial charge in [-0.3, -0.25) is 14.5 Å². The Kier molecular flexibility index (Phi) is 2.95. The van der Waals surface area contributed by atoms with Gasteiger partial charge in [0.2, 0.25) is 0 Å². The van der Waals surface area contributed by atoms with E-state index in [1.165, 1.54) is 13.2 Å². The number of benzene rings is 1. The lowest BCUT2D eigenvalue weighted by Gasteiger charge is -2.03. The lowest BCUT2D eigenvalue weighted by molar-refractivity contribution is 0.0684. The number of hydrogen-bond acceptors (Lipinski definition) is 6. The van der Waals surface area contributed by atoms with Crippen LogP contribution in [0.25, 0.3) is 0 Å². The Morgan fingerprint density at radius 2 is 2.00 bits per heavy atom. The molecule has 2 N–H and O–H groups in total. The number of carboxylic acid groups (broad SMARTS) is 1. The number of carbonyl (C=O) groups is 3. The van der Waals surface area contributed by atoms with E-state index in [-0.39, 0.29) is 16.7 Å². The molecule has 2 amide bonds. The van der Waals surface area contributed by atoms with Gasteiger partial charge in [0.15, 0.2) is 5.13 Å². The van der Waals surface area contributed by atoms with Crippen LogP contribution in [-0.2, 0) is 0 Å². The summed E-state index contributed by atoms with van der Waals surface area (Å²) in [6, 6.07) is 4.76. The Morgan fingerprint density at radius 3 is 2.67 bits per heavy atom. The van der Waals surface area contributed by atoms with E-state index in [2.05, 4.69) is 10.3 Å². The Morgan fingerprint density at radius 1 is 1.29 bits per heavy atom. The Hall–Kier alpha value is -2.74. The number of aromatic nitrogens is 1. The van der Waals surface area contributed by atoms with Crippen molar-refractivity contribution in [2.45, 2.75) is 0 Å². The van der Waals surface area contributed by atoms with Crippen molar-refractivity contribution >= 4 is 39.9 Å². The van der Waals surface area contributed by atoms with Crippen LogP contribution in [0.1, 0.15) is 30.4 Å². The zero-order valence-electron chi connectivity index (χ0n) is 10.8. The van der Waals surface area contributed by atoms with E-state index in [1.807, 2.05) is 0 Å². The molecule has 0 spiro atoms. The van der Waals surface area contributed by atoms with E-state index < -0.39 is 5.97 Å². The second kappa shape index (κ2) is 4.67. The highest BCUT2D eigenvalue weighted by Crippen LogP contribution is 2.28. The molecule has 2 heterocycles. The van der Waals surface area contributed by atoms with Gasteiger partial charge in [-0.15, -0.1) is 0 Å². The second-order valence-corrected chi connectivity index (χ2v) is 5.42. The number of carbonyl (C=O) groups excluding carboxylic acids is 2. The monoisotopic (exact) mass is 303 g/mol. The minimum absolute atomic E-state index is 0.115. The topological polar surface area (TPSA) is 99.6 Å². The third kappa shape index (κ3) is 2.15. The van der Waals surface area contributed by atoms with Gasteiger partial charge in [-0.25, -0.2) is 9.78 Å². The molecule has 0 bridgehead atoms. The third-order valence-electron chi connectivity index (χ3n) is 3.06. The van der Waals surface area contributed by atoms with Crippen molar-refractivity contribution in [3.8, 4) is 0 Å². The molecule has 1 aliphatic heterocycles. The van der Waals surface area contributed by atoms with Gasteiger partial charge in [0.1, 0.15) is 4.88 Å². The van der Waals surface area contributed by atoms with Gasteiger partial charge in [0.25, 0.3) is 11.8 Å². The van der Waals surface area contributed by atoms with E-state index in [1.54, 1.807) is 18.2 Å². The van der Waals surface area contributed by atoms with E-state index in [9.17, 15) is 14.4 Å². The number of aromatic carboxylic acids is 1. The molecule has 1 aromatic carbocycles. The summed E-state index contributed by atoms with van der Waals surface area (Å²) in [4.78, 5) is 39.6. The summed E-state index contributed by atoms with van der Waals surface area (Å²) in [6.45, 7) is 0. The molecule has 0 saturated carbocycles. The van der Waals surface area contributed by atoms with E-state index >= 15 is 0 Å². The maximum atomic E-state index is 11.9. The maximum absolute atomic E-state index is 11.9. The lowest BCUT2D eigenvalue weighted by Crippen LogP contribution is -2.24. The maximum Gasteiger partial charge on any atom is 0.347 e. The molecule has 2 aromatic rings. The van der Waals surface area contributed by atoms with Gasteiger partial charge in [0, 0.05) is 12.7 Å². The quantitative estimate of drug-likeness (QED) is 0.839. The number of nitrogens with zero attached hydrogens (tertiary/aromatic N) is 2. The fourth-order valence-electron chi connectivity index (χ4n) is 1.99. The molecule has 3 rings (SSSR count). The smallest absolute Gasteiger partial charge is 0.347 e. The van der Waals surface area contributed by atoms with Crippen molar-refractivity contribution in [3.05, 3.63) is 40.4 Å². The van der Waals surface area contributed by atoms with Crippen molar-refractivity contribution in [1.29, 1.82) is 0 Å². The molecular weight excluding hydrogens is 294 g/mol. The first-order valence-corrected chi connectivity index (χ1v) is 6.71. The van der Waals surface area contributed by atoms with Gasteiger partial charge in [-0.2, -0.15) is 0 Å². The van der Waals surface area contributed by atoms with Crippen LogP contribution in [0.3, 0.4) is 0 Å². The molecular formula is C13H9N3O4S. The molecule has 0 saturated heterocycles.